The summed E-state index contributed by atoms with van der Waals surface area (Å²) in [4.78, 5) is 39.4. The summed E-state index contributed by atoms with van der Waals surface area (Å²) in [5.74, 6) is -1.76. The van der Waals surface area contributed by atoms with E-state index in [1.165, 1.54) is 19.1 Å². The lowest BCUT2D eigenvalue weighted by molar-refractivity contribution is -0.140. The molecule has 0 saturated carbocycles. The quantitative estimate of drug-likeness (QED) is 0.197. The second kappa shape index (κ2) is 11.0. The van der Waals surface area contributed by atoms with Crippen molar-refractivity contribution in [2.24, 2.45) is 0 Å². The summed E-state index contributed by atoms with van der Waals surface area (Å²) in [6.07, 6.45) is 0.561. The van der Waals surface area contributed by atoms with Crippen LogP contribution in [-0.2, 0) is 19.1 Å². The molecule has 0 spiro atoms. The van der Waals surface area contributed by atoms with Crippen molar-refractivity contribution in [3.8, 4) is 5.75 Å². The summed E-state index contributed by atoms with van der Waals surface area (Å²) >= 11 is 0. The molecule has 1 atom stereocenters. The van der Waals surface area contributed by atoms with Gasteiger partial charge in [0, 0.05) is 18.7 Å². The molecule has 1 saturated heterocycles. The number of rotatable bonds is 9. The minimum Gasteiger partial charge on any atom is -0.507 e. The minimum atomic E-state index is -0.822. The maximum absolute atomic E-state index is 13.1. The van der Waals surface area contributed by atoms with Gasteiger partial charge in [0.05, 0.1) is 37.5 Å². The van der Waals surface area contributed by atoms with Gasteiger partial charge in [-0.15, -0.1) is 0 Å². The maximum Gasteiger partial charge on any atom is 0.337 e. The molecule has 0 aliphatic carbocycles. The van der Waals surface area contributed by atoms with Crippen molar-refractivity contribution in [3.63, 3.8) is 0 Å². The molecule has 1 fully saturated rings. The summed E-state index contributed by atoms with van der Waals surface area (Å²) < 4.78 is 15.6. The molecule has 1 N–H and O–H groups in total. The van der Waals surface area contributed by atoms with Gasteiger partial charge in [0.1, 0.15) is 11.5 Å². The fourth-order valence-electron chi connectivity index (χ4n) is 3.86. The van der Waals surface area contributed by atoms with Gasteiger partial charge >= 0.3 is 5.97 Å². The van der Waals surface area contributed by atoms with E-state index in [9.17, 15) is 19.5 Å². The SMILES string of the molecule is COC(=O)c1ccc([C@H]2C(=C(O)c3cccc(OC)c3)C(=O)C(=O)N2CCCOC(C)C)cc1. The third kappa shape index (κ3) is 5.28. The standard InChI is InChI=1S/C26H29NO7/c1-16(2)34-14-6-13-27-22(17-9-11-18(12-10-17)26(31)33-4)21(24(29)25(27)30)23(28)19-7-5-8-20(15-19)32-3/h5,7-12,15-16,22,28H,6,13-14H2,1-4H3/t22-/m0/s1. The predicted molar refractivity (Wildman–Crippen MR) is 125 cm³/mol. The zero-order valence-corrected chi connectivity index (χ0v) is 19.7. The largest absolute Gasteiger partial charge is 0.507 e. The number of carbonyl (C=O) groups is 3. The number of hydrogen-bond donors (Lipinski definition) is 1. The molecule has 0 unspecified atom stereocenters. The lowest BCUT2D eigenvalue weighted by atomic mass is 9.94. The van der Waals surface area contributed by atoms with E-state index in [0.29, 0.717) is 35.5 Å². The van der Waals surface area contributed by atoms with E-state index in [2.05, 4.69) is 0 Å². The molecule has 2 aromatic rings. The second-order valence-electron chi connectivity index (χ2n) is 8.11. The number of aliphatic hydroxyl groups is 1. The first-order chi connectivity index (χ1) is 16.3. The van der Waals surface area contributed by atoms with E-state index >= 15 is 0 Å². The first-order valence-electron chi connectivity index (χ1n) is 11.0. The third-order valence-corrected chi connectivity index (χ3v) is 5.53. The van der Waals surface area contributed by atoms with Gasteiger partial charge in [-0.05, 0) is 50.1 Å². The van der Waals surface area contributed by atoms with Gasteiger partial charge in [0.2, 0.25) is 0 Å². The normalized spacial score (nSPS) is 17.3. The smallest absolute Gasteiger partial charge is 0.337 e. The Morgan fingerprint density at radius 1 is 1.06 bits per heavy atom. The lowest BCUT2D eigenvalue weighted by Crippen LogP contribution is -2.31. The Kier molecular flexibility index (Phi) is 8.07. The molecule has 8 nitrogen and oxygen atoms in total. The number of aliphatic hydroxyl groups excluding tert-OH is 1. The van der Waals surface area contributed by atoms with Crippen molar-refractivity contribution >= 4 is 23.4 Å². The van der Waals surface area contributed by atoms with Gasteiger partial charge in [0.25, 0.3) is 11.7 Å². The van der Waals surface area contributed by atoms with E-state index < -0.39 is 23.7 Å². The van der Waals surface area contributed by atoms with Crippen LogP contribution in [0.3, 0.4) is 0 Å². The van der Waals surface area contributed by atoms with Crippen molar-refractivity contribution < 1.29 is 33.7 Å². The van der Waals surface area contributed by atoms with Crippen LogP contribution in [0, 0.1) is 0 Å². The van der Waals surface area contributed by atoms with Crippen LogP contribution < -0.4 is 4.74 Å². The molecule has 180 valence electrons. The summed E-state index contributed by atoms with van der Waals surface area (Å²) in [6.45, 7) is 4.52. The Balaban J connectivity index is 2.05. The highest BCUT2D eigenvalue weighted by Crippen LogP contribution is 2.39. The molecule has 34 heavy (non-hydrogen) atoms. The van der Waals surface area contributed by atoms with Gasteiger partial charge in [-0.1, -0.05) is 24.3 Å². The van der Waals surface area contributed by atoms with Gasteiger partial charge in [-0.25, -0.2) is 4.79 Å². The van der Waals surface area contributed by atoms with Crippen molar-refractivity contribution in [2.75, 3.05) is 27.4 Å². The van der Waals surface area contributed by atoms with E-state index in [1.807, 2.05) is 13.8 Å². The number of methoxy groups -OCH3 is 2. The first kappa shape index (κ1) is 25.0. The number of nitrogens with zero attached hydrogens (tertiary/aromatic N) is 1. The molecule has 1 aliphatic heterocycles. The van der Waals surface area contributed by atoms with Gasteiger partial charge in [0.15, 0.2) is 0 Å². The Labute approximate surface area is 198 Å². The van der Waals surface area contributed by atoms with E-state index in [4.69, 9.17) is 14.2 Å². The molecule has 0 aromatic heterocycles. The topological polar surface area (TPSA) is 102 Å². The summed E-state index contributed by atoms with van der Waals surface area (Å²) in [5, 5.41) is 11.1. The van der Waals surface area contributed by atoms with Crippen LogP contribution in [0.4, 0.5) is 0 Å². The molecule has 2 aromatic carbocycles. The Morgan fingerprint density at radius 3 is 2.38 bits per heavy atom. The van der Waals surface area contributed by atoms with E-state index in [1.54, 1.807) is 48.5 Å². The monoisotopic (exact) mass is 467 g/mol. The molecule has 8 heteroatoms. The third-order valence-electron chi connectivity index (χ3n) is 5.53. The highest BCUT2D eigenvalue weighted by molar-refractivity contribution is 6.46. The molecule has 3 rings (SSSR count). The minimum absolute atomic E-state index is 0.0196. The van der Waals surface area contributed by atoms with Crippen LogP contribution in [-0.4, -0.2) is 61.1 Å². The summed E-state index contributed by atoms with van der Waals surface area (Å²) in [7, 11) is 2.79. The Hall–Kier alpha value is -3.65. The number of benzene rings is 2. The number of ketones is 1. The van der Waals surface area contributed by atoms with E-state index in [0.717, 1.165) is 0 Å². The molecular weight excluding hydrogens is 438 g/mol. The number of amides is 1. The Morgan fingerprint density at radius 2 is 1.76 bits per heavy atom. The van der Waals surface area contributed by atoms with Crippen LogP contribution in [0.15, 0.2) is 54.1 Å². The molecule has 1 amide bonds. The zero-order valence-electron chi connectivity index (χ0n) is 19.7. The fourth-order valence-corrected chi connectivity index (χ4v) is 3.86. The van der Waals surface area contributed by atoms with Crippen molar-refractivity contribution in [1.29, 1.82) is 0 Å². The van der Waals surface area contributed by atoms with Crippen LogP contribution in [0.2, 0.25) is 0 Å². The van der Waals surface area contributed by atoms with Crippen molar-refractivity contribution in [1.82, 2.24) is 4.90 Å². The number of Topliss-reactive ketones (excluding diaryl/α,β-unsaturated/α-hetero) is 1. The fraction of sp³-hybridized carbons (Fsp3) is 0.346. The van der Waals surface area contributed by atoms with Gasteiger partial charge < -0.3 is 24.2 Å². The van der Waals surface area contributed by atoms with Crippen LogP contribution in [0.1, 0.15) is 47.8 Å². The number of esters is 1. The number of likely N-dealkylation sites (tertiary alicyclic amines) is 1. The van der Waals surface area contributed by atoms with Crippen LogP contribution in [0.5, 0.6) is 5.75 Å². The van der Waals surface area contributed by atoms with Crippen molar-refractivity contribution in [2.45, 2.75) is 32.4 Å². The maximum atomic E-state index is 13.1. The number of hydrogen-bond acceptors (Lipinski definition) is 7. The highest BCUT2D eigenvalue weighted by atomic mass is 16.5. The number of carbonyl (C=O) groups excluding carboxylic acids is 3. The predicted octanol–water partition coefficient (Wildman–Crippen LogP) is 3.72. The van der Waals surface area contributed by atoms with Gasteiger partial charge in [-0.3, -0.25) is 9.59 Å². The van der Waals surface area contributed by atoms with Crippen molar-refractivity contribution in [3.05, 3.63) is 70.8 Å². The Bertz CT molecular complexity index is 1090. The van der Waals surface area contributed by atoms with Crippen LogP contribution in [0.25, 0.3) is 5.76 Å². The molecule has 0 radical (unpaired) electrons. The van der Waals surface area contributed by atoms with Crippen LogP contribution >= 0.6 is 0 Å². The molecule has 1 heterocycles. The highest BCUT2D eigenvalue weighted by Gasteiger charge is 2.45. The first-order valence-corrected chi connectivity index (χ1v) is 11.0. The summed E-state index contributed by atoms with van der Waals surface area (Å²) in [5.41, 5.74) is 1.26. The van der Waals surface area contributed by atoms with Gasteiger partial charge in [-0.2, -0.15) is 0 Å². The second-order valence-corrected chi connectivity index (χ2v) is 8.11. The summed E-state index contributed by atoms with van der Waals surface area (Å²) in [6, 6.07) is 12.2. The molecule has 1 aliphatic rings. The number of ether oxygens (including phenoxy) is 3. The lowest BCUT2D eigenvalue weighted by Gasteiger charge is -2.25. The van der Waals surface area contributed by atoms with E-state index in [-0.39, 0.29) is 24.0 Å². The average Bonchev–Trinajstić information content (AvgIpc) is 3.10. The zero-order chi connectivity index (χ0) is 24.8. The molecule has 0 bridgehead atoms. The average molecular weight is 468 g/mol. The molecular formula is C26H29NO7.